The quantitative estimate of drug-likeness (QED) is 0.859. The summed E-state index contributed by atoms with van der Waals surface area (Å²) < 4.78 is 25.5. The van der Waals surface area contributed by atoms with Crippen molar-refractivity contribution in [3.05, 3.63) is 34.9 Å². The number of rotatable bonds is 5. The Bertz CT molecular complexity index is 452. The molecule has 1 rings (SSSR count). The Morgan fingerprint density at radius 3 is 2.71 bits per heavy atom. The number of nitriles is 1. The molecular formula is C12H11F2NO2. The van der Waals surface area contributed by atoms with Crippen LogP contribution >= 0.6 is 0 Å². The van der Waals surface area contributed by atoms with Gasteiger partial charge in [0.05, 0.1) is 12.5 Å². The second kappa shape index (κ2) is 5.94. The van der Waals surface area contributed by atoms with Gasteiger partial charge in [-0.3, -0.25) is 4.79 Å². The number of carbonyl (C=O) groups is 1. The first-order valence-electron chi connectivity index (χ1n) is 5.03. The SMILES string of the molecule is N#CCCc1c(CC(=O)O)cccc1C(F)F. The summed E-state index contributed by atoms with van der Waals surface area (Å²) in [5.41, 5.74) is 0.455. The highest BCUT2D eigenvalue weighted by atomic mass is 19.3. The number of aliphatic carboxylic acids is 1. The van der Waals surface area contributed by atoms with Gasteiger partial charge in [0.15, 0.2) is 0 Å². The summed E-state index contributed by atoms with van der Waals surface area (Å²) in [5.74, 6) is -1.07. The van der Waals surface area contributed by atoms with Crippen LogP contribution in [-0.4, -0.2) is 11.1 Å². The molecule has 0 radical (unpaired) electrons. The summed E-state index contributed by atoms with van der Waals surface area (Å²) in [5, 5.41) is 17.2. The van der Waals surface area contributed by atoms with Crippen molar-refractivity contribution in [2.24, 2.45) is 0 Å². The minimum Gasteiger partial charge on any atom is -0.481 e. The first kappa shape index (κ1) is 13.1. The number of carboxylic acid groups (broad SMARTS) is 1. The Morgan fingerprint density at radius 2 is 2.18 bits per heavy atom. The van der Waals surface area contributed by atoms with Gasteiger partial charge in [0.2, 0.25) is 0 Å². The normalized spacial score (nSPS) is 10.2. The van der Waals surface area contributed by atoms with E-state index in [0.29, 0.717) is 5.56 Å². The Kier molecular flexibility index (Phi) is 4.58. The lowest BCUT2D eigenvalue weighted by Gasteiger charge is -2.12. The van der Waals surface area contributed by atoms with Crippen molar-refractivity contribution in [2.45, 2.75) is 25.7 Å². The monoisotopic (exact) mass is 239 g/mol. The zero-order chi connectivity index (χ0) is 12.8. The summed E-state index contributed by atoms with van der Waals surface area (Å²) in [7, 11) is 0. The fourth-order valence-corrected chi connectivity index (χ4v) is 1.67. The summed E-state index contributed by atoms with van der Waals surface area (Å²) >= 11 is 0. The van der Waals surface area contributed by atoms with Crippen molar-refractivity contribution in [2.75, 3.05) is 0 Å². The molecule has 1 aromatic rings. The average molecular weight is 239 g/mol. The van der Waals surface area contributed by atoms with E-state index in [1.807, 2.05) is 6.07 Å². The van der Waals surface area contributed by atoms with Gasteiger partial charge >= 0.3 is 5.97 Å². The topological polar surface area (TPSA) is 61.1 Å². The molecule has 5 heteroatoms. The smallest absolute Gasteiger partial charge is 0.307 e. The predicted molar refractivity (Wildman–Crippen MR) is 56.7 cm³/mol. The van der Waals surface area contributed by atoms with Gasteiger partial charge in [0.1, 0.15) is 0 Å². The van der Waals surface area contributed by atoms with Gasteiger partial charge in [-0.2, -0.15) is 5.26 Å². The molecule has 0 unspecified atom stereocenters. The van der Waals surface area contributed by atoms with E-state index < -0.39 is 12.4 Å². The van der Waals surface area contributed by atoms with Crippen molar-refractivity contribution in [3.63, 3.8) is 0 Å². The number of hydrogen-bond acceptors (Lipinski definition) is 2. The van der Waals surface area contributed by atoms with Crippen LogP contribution in [0.15, 0.2) is 18.2 Å². The van der Waals surface area contributed by atoms with Gasteiger partial charge in [-0.15, -0.1) is 0 Å². The van der Waals surface area contributed by atoms with Gasteiger partial charge in [0.25, 0.3) is 6.43 Å². The zero-order valence-corrected chi connectivity index (χ0v) is 8.99. The van der Waals surface area contributed by atoms with E-state index in [0.717, 1.165) is 0 Å². The third-order valence-corrected chi connectivity index (χ3v) is 2.37. The summed E-state index contributed by atoms with van der Waals surface area (Å²) in [6.45, 7) is 0. The van der Waals surface area contributed by atoms with Crippen molar-refractivity contribution >= 4 is 5.97 Å². The molecule has 0 heterocycles. The minimum atomic E-state index is -2.66. The third-order valence-electron chi connectivity index (χ3n) is 2.37. The average Bonchev–Trinajstić information content (AvgIpc) is 2.26. The molecule has 0 aliphatic rings. The van der Waals surface area contributed by atoms with Crippen LogP contribution in [0.1, 0.15) is 29.5 Å². The van der Waals surface area contributed by atoms with E-state index in [1.54, 1.807) is 0 Å². The molecule has 0 atom stereocenters. The molecule has 1 N–H and O–H groups in total. The van der Waals surface area contributed by atoms with Crippen LogP contribution in [0.3, 0.4) is 0 Å². The molecule has 90 valence electrons. The van der Waals surface area contributed by atoms with E-state index in [4.69, 9.17) is 10.4 Å². The number of carboxylic acids is 1. The van der Waals surface area contributed by atoms with Crippen molar-refractivity contribution in [1.29, 1.82) is 5.26 Å². The van der Waals surface area contributed by atoms with E-state index in [2.05, 4.69) is 0 Å². The molecule has 0 fully saturated rings. The van der Waals surface area contributed by atoms with Crippen LogP contribution in [-0.2, 0) is 17.6 Å². The first-order chi connectivity index (χ1) is 8.06. The Balaban J connectivity index is 3.14. The maximum atomic E-state index is 12.7. The largest absolute Gasteiger partial charge is 0.481 e. The molecule has 17 heavy (non-hydrogen) atoms. The fourth-order valence-electron chi connectivity index (χ4n) is 1.67. The first-order valence-corrected chi connectivity index (χ1v) is 5.03. The zero-order valence-electron chi connectivity index (χ0n) is 8.99. The molecule has 1 aromatic carbocycles. The Hall–Kier alpha value is -1.96. The van der Waals surface area contributed by atoms with Gasteiger partial charge in [-0.1, -0.05) is 18.2 Å². The number of benzene rings is 1. The van der Waals surface area contributed by atoms with Crippen LogP contribution < -0.4 is 0 Å². The fraction of sp³-hybridized carbons (Fsp3) is 0.333. The number of hydrogen-bond donors (Lipinski definition) is 1. The molecule has 0 saturated carbocycles. The maximum Gasteiger partial charge on any atom is 0.307 e. The summed E-state index contributed by atoms with van der Waals surface area (Å²) in [4.78, 5) is 10.6. The highest BCUT2D eigenvalue weighted by molar-refractivity contribution is 5.71. The van der Waals surface area contributed by atoms with Crippen molar-refractivity contribution in [1.82, 2.24) is 0 Å². The Morgan fingerprint density at radius 1 is 1.47 bits per heavy atom. The molecular weight excluding hydrogens is 228 g/mol. The standard InChI is InChI=1S/C12H11F2NO2/c13-12(14)10-4-1-3-8(7-11(16)17)9(10)5-2-6-15/h1,3-4,12H,2,5,7H2,(H,16,17). The van der Waals surface area contributed by atoms with E-state index in [1.165, 1.54) is 18.2 Å². The molecule has 0 bridgehead atoms. The second-order valence-corrected chi connectivity index (χ2v) is 3.51. The molecule has 3 nitrogen and oxygen atoms in total. The van der Waals surface area contributed by atoms with E-state index in [9.17, 15) is 13.6 Å². The van der Waals surface area contributed by atoms with Crippen LogP contribution in [0.4, 0.5) is 8.78 Å². The van der Waals surface area contributed by atoms with E-state index >= 15 is 0 Å². The highest BCUT2D eigenvalue weighted by Crippen LogP contribution is 2.26. The van der Waals surface area contributed by atoms with Crippen molar-refractivity contribution < 1.29 is 18.7 Å². The van der Waals surface area contributed by atoms with Crippen molar-refractivity contribution in [3.8, 4) is 6.07 Å². The molecule has 0 aromatic heterocycles. The Labute approximate surface area is 97.3 Å². The predicted octanol–water partition coefficient (Wildman–Crippen LogP) is 2.71. The summed E-state index contributed by atoms with van der Waals surface area (Å²) in [6, 6.07) is 6.06. The number of alkyl halides is 2. The molecule has 0 saturated heterocycles. The highest BCUT2D eigenvalue weighted by Gasteiger charge is 2.16. The van der Waals surface area contributed by atoms with Crippen LogP contribution in [0.25, 0.3) is 0 Å². The van der Waals surface area contributed by atoms with Crippen LogP contribution in [0.2, 0.25) is 0 Å². The maximum absolute atomic E-state index is 12.7. The van der Waals surface area contributed by atoms with Gasteiger partial charge in [0, 0.05) is 12.0 Å². The minimum absolute atomic E-state index is 0.0936. The molecule has 0 amide bonds. The van der Waals surface area contributed by atoms with Gasteiger partial charge < -0.3 is 5.11 Å². The lowest BCUT2D eigenvalue weighted by molar-refractivity contribution is -0.136. The molecule has 0 aliphatic heterocycles. The third kappa shape index (κ3) is 3.52. The van der Waals surface area contributed by atoms with Crippen LogP contribution in [0, 0.1) is 11.3 Å². The van der Waals surface area contributed by atoms with Gasteiger partial charge in [-0.25, -0.2) is 8.78 Å². The number of nitrogens with zero attached hydrogens (tertiary/aromatic N) is 1. The second-order valence-electron chi connectivity index (χ2n) is 3.51. The summed E-state index contributed by atoms with van der Waals surface area (Å²) in [6.07, 6.45) is -2.71. The van der Waals surface area contributed by atoms with E-state index in [-0.39, 0.29) is 30.4 Å². The van der Waals surface area contributed by atoms with Crippen LogP contribution in [0.5, 0.6) is 0 Å². The number of halogens is 2. The van der Waals surface area contributed by atoms with Gasteiger partial charge in [-0.05, 0) is 17.5 Å². The molecule has 0 aliphatic carbocycles. The lowest BCUT2D eigenvalue weighted by Crippen LogP contribution is -2.06. The molecule has 0 spiro atoms. The lowest BCUT2D eigenvalue weighted by atomic mass is 9.95.